The van der Waals surface area contributed by atoms with Gasteiger partial charge in [0.05, 0.1) is 12.3 Å². The number of aromatic amines is 1. The van der Waals surface area contributed by atoms with Crippen molar-refractivity contribution in [3.63, 3.8) is 0 Å². The predicted octanol–water partition coefficient (Wildman–Crippen LogP) is 3.75. The fourth-order valence-electron chi connectivity index (χ4n) is 4.85. The number of H-pyrrole nitrogens is 1. The lowest BCUT2D eigenvalue weighted by atomic mass is 9.72. The Hall–Kier alpha value is -3.13. The fraction of sp³-hybridized carbons (Fsp3) is 0.480. The zero-order valence-corrected chi connectivity index (χ0v) is 19.4. The van der Waals surface area contributed by atoms with Crippen molar-refractivity contribution in [3.8, 4) is 11.5 Å². The van der Waals surface area contributed by atoms with E-state index in [0.29, 0.717) is 17.9 Å². The van der Waals surface area contributed by atoms with Crippen molar-refractivity contribution in [1.29, 1.82) is 0 Å². The number of hydrogen-bond donors (Lipinski definition) is 3. The monoisotopic (exact) mass is 453 g/mol. The van der Waals surface area contributed by atoms with Gasteiger partial charge in [0.15, 0.2) is 5.82 Å². The van der Waals surface area contributed by atoms with Crippen molar-refractivity contribution in [2.45, 2.75) is 71.3 Å². The van der Waals surface area contributed by atoms with E-state index >= 15 is 0 Å². The highest BCUT2D eigenvalue weighted by atomic mass is 16.5. The first kappa shape index (κ1) is 23.0. The first-order valence-electron chi connectivity index (χ1n) is 11.4. The van der Waals surface area contributed by atoms with E-state index in [9.17, 15) is 15.0 Å². The Morgan fingerprint density at radius 2 is 1.91 bits per heavy atom. The third-order valence-electron chi connectivity index (χ3n) is 6.96. The number of hydrogen-bond acceptors (Lipinski definition) is 7. The van der Waals surface area contributed by atoms with Gasteiger partial charge in [0.2, 0.25) is 0 Å². The second-order valence-electron chi connectivity index (χ2n) is 9.10. The molecule has 4 rings (SSSR count). The maximum Gasteiger partial charge on any atom is 0.439 e. The van der Waals surface area contributed by atoms with Gasteiger partial charge in [-0.1, -0.05) is 24.4 Å². The van der Waals surface area contributed by atoms with Crippen LogP contribution in [0.5, 0.6) is 11.5 Å². The summed E-state index contributed by atoms with van der Waals surface area (Å²) in [4.78, 5) is 18.4. The normalized spacial score (nSPS) is 15.5. The molecule has 0 atom stereocenters. The number of aromatic hydroxyl groups is 1. The average molecular weight is 454 g/mol. The summed E-state index contributed by atoms with van der Waals surface area (Å²) in [7, 11) is 0. The summed E-state index contributed by atoms with van der Waals surface area (Å²) in [6.45, 7) is 6.19. The Morgan fingerprint density at radius 1 is 1.15 bits per heavy atom. The predicted molar refractivity (Wildman–Crippen MR) is 123 cm³/mol. The molecule has 176 valence electrons. The topological polar surface area (TPSA) is 121 Å². The molecule has 8 heteroatoms. The van der Waals surface area contributed by atoms with E-state index in [1.807, 2.05) is 26.0 Å². The Balaban J connectivity index is 1.60. The summed E-state index contributed by atoms with van der Waals surface area (Å²) in [5.41, 5.74) is 5.34. The summed E-state index contributed by atoms with van der Waals surface area (Å²) >= 11 is 0. The highest BCUT2D eigenvalue weighted by Gasteiger charge is 2.37. The van der Waals surface area contributed by atoms with Crippen molar-refractivity contribution < 1.29 is 19.5 Å². The smallest absolute Gasteiger partial charge is 0.439 e. The first-order valence-corrected chi connectivity index (χ1v) is 11.4. The van der Waals surface area contributed by atoms with Gasteiger partial charge in [0, 0.05) is 17.5 Å². The third kappa shape index (κ3) is 4.66. The van der Waals surface area contributed by atoms with Gasteiger partial charge in [0.1, 0.15) is 18.1 Å². The first-order chi connectivity index (χ1) is 15.8. The van der Waals surface area contributed by atoms with Crippen molar-refractivity contribution in [3.05, 3.63) is 68.2 Å². The van der Waals surface area contributed by atoms with Crippen LogP contribution in [-0.2, 0) is 18.4 Å². The number of benzene rings is 1. The molecule has 1 saturated carbocycles. The number of ether oxygens (including phenoxy) is 1. The summed E-state index contributed by atoms with van der Waals surface area (Å²) < 4.78 is 10.4. The maximum absolute atomic E-state index is 11.1. The van der Waals surface area contributed by atoms with Crippen LogP contribution in [-0.4, -0.2) is 31.9 Å². The molecule has 0 spiro atoms. The second kappa shape index (κ2) is 9.39. The van der Waals surface area contributed by atoms with Crippen LogP contribution in [0.1, 0.15) is 71.6 Å². The molecule has 3 aromatic rings. The SMILES string of the molecule is Cc1cc(OCc2noc(=O)[nH]2)c(C)c(C)c1Cc1ccc(O)c(C2(CO)CCCCC2)n1. The van der Waals surface area contributed by atoms with Crippen molar-refractivity contribution in [2.75, 3.05) is 6.61 Å². The summed E-state index contributed by atoms with van der Waals surface area (Å²) in [5, 5.41) is 24.4. The number of aliphatic hydroxyl groups is 1. The van der Waals surface area contributed by atoms with Crippen LogP contribution in [0.4, 0.5) is 0 Å². The van der Waals surface area contributed by atoms with Crippen LogP contribution in [0.3, 0.4) is 0 Å². The molecule has 8 nitrogen and oxygen atoms in total. The van der Waals surface area contributed by atoms with E-state index in [1.165, 1.54) is 0 Å². The molecule has 33 heavy (non-hydrogen) atoms. The van der Waals surface area contributed by atoms with Crippen LogP contribution < -0.4 is 10.5 Å². The summed E-state index contributed by atoms with van der Waals surface area (Å²) in [5.74, 6) is 0.609. The molecule has 1 aromatic carbocycles. The second-order valence-corrected chi connectivity index (χ2v) is 9.10. The van der Waals surface area contributed by atoms with Crippen molar-refractivity contribution in [2.24, 2.45) is 0 Å². The number of aromatic nitrogens is 3. The highest BCUT2D eigenvalue weighted by molar-refractivity contribution is 5.49. The average Bonchev–Trinajstić information content (AvgIpc) is 3.24. The maximum atomic E-state index is 11.1. The molecule has 2 heterocycles. The van der Waals surface area contributed by atoms with Gasteiger partial charge in [-0.25, -0.2) is 4.79 Å². The molecule has 0 unspecified atom stereocenters. The minimum Gasteiger partial charge on any atom is -0.506 e. The molecule has 1 aliphatic carbocycles. The molecule has 2 aromatic heterocycles. The summed E-state index contributed by atoms with van der Waals surface area (Å²) in [6.07, 6.45) is 5.52. The zero-order valence-electron chi connectivity index (χ0n) is 19.4. The van der Waals surface area contributed by atoms with Crippen molar-refractivity contribution >= 4 is 0 Å². The Kier molecular flexibility index (Phi) is 6.56. The van der Waals surface area contributed by atoms with Gasteiger partial charge in [-0.2, -0.15) is 0 Å². The van der Waals surface area contributed by atoms with Gasteiger partial charge in [0.25, 0.3) is 0 Å². The Labute approximate surface area is 192 Å². The van der Waals surface area contributed by atoms with Crippen LogP contribution in [0, 0.1) is 20.8 Å². The number of aliphatic hydroxyl groups excluding tert-OH is 1. The summed E-state index contributed by atoms with van der Waals surface area (Å²) in [6, 6.07) is 5.54. The van der Waals surface area contributed by atoms with Gasteiger partial charge in [-0.3, -0.25) is 14.5 Å². The van der Waals surface area contributed by atoms with E-state index in [4.69, 9.17) is 9.72 Å². The van der Waals surface area contributed by atoms with Crippen LogP contribution in [0.2, 0.25) is 0 Å². The van der Waals surface area contributed by atoms with E-state index in [0.717, 1.165) is 65.8 Å². The number of pyridine rings is 1. The molecule has 0 amide bonds. The number of rotatable bonds is 7. The van der Waals surface area contributed by atoms with Crippen LogP contribution in [0.25, 0.3) is 0 Å². The molecule has 0 radical (unpaired) electrons. The highest BCUT2D eigenvalue weighted by Crippen LogP contribution is 2.42. The minimum absolute atomic E-state index is 0.00298. The Morgan fingerprint density at radius 3 is 2.58 bits per heavy atom. The molecule has 1 aliphatic rings. The Bertz CT molecular complexity index is 1190. The number of aryl methyl sites for hydroxylation is 1. The van der Waals surface area contributed by atoms with E-state index in [-0.39, 0.29) is 19.0 Å². The van der Waals surface area contributed by atoms with Crippen LogP contribution in [0.15, 0.2) is 27.5 Å². The van der Waals surface area contributed by atoms with E-state index < -0.39 is 11.2 Å². The number of nitrogens with zero attached hydrogens (tertiary/aromatic N) is 2. The minimum atomic E-state index is -0.606. The molecule has 0 bridgehead atoms. The lowest BCUT2D eigenvalue weighted by molar-refractivity contribution is 0.145. The largest absolute Gasteiger partial charge is 0.506 e. The molecule has 0 saturated heterocycles. The number of nitrogens with one attached hydrogen (secondary N) is 1. The van der Waals surface area contributed by atoms with E-state index in [1.54, 1.807) is 6.07 Å². The molecule has 3 N–H and O–H groups in total. The van der Waals surface area contributed by atoms with Crippen LogP contribution >= 0.6 is 0 Å². The zero-order chi connectivity index (χ0) is 23.6. The molecular formula is C25H31N3O5. The lowest BCUT2D eigenvalue weighted by Crippen LogP contribution is -2.34. The molecule has 0 aliphatic heterocycles. The third-order valence-corrected chi connectivity index (χ3v) is 6.96. The molecule has 1 fully saturated rings. The van der Waals surface area contributed by atoms with Gasteiger partial charge < -0.3 is 14.9 Å². The quantitative estimate of drug-likeness (QED) is 0.498. The van der Waals surface area contributed by atoms with Gasteiger partial charge in [-0.05, 0) is 74.1 Å². The molecular weight excluding hydrogens is 422 g/mol. The van der Waals surface area contributed by atoms with Gasteiger partial charge in [-0.15, -0.1) is 0 Å². The standard InChI is InChI=1S/C25H31N3O5/c1-15-11-21(32-13-22-27-24(31)33-28-22)17(3)16(2)19(15)12-18-7-8-20(30)23(26-18)25(14-29)9-5-4-6-10-25/h7-8,11,29-30H,4-6,9-10,12-14H2,1-3H3,(H,27,28,31). The van der Waals surface area contributed by atoms with Gasteiger partial charge >= 0.3 is 5.76 Å². The van der Waals surface area contributed by atoms with Crippen molar-refractivity contribution in [1.82, 2.24) is 15.1 Å². The fourth-order valence-corrected chi connectivity index (χ4v) is 4.85. The van der Waals surface area contributed by atoms with E-state index in [2.05, 4.69) is 21.6 Å². The lowest BCUT2D eigenvalue weighted by Gasteiger charge is -2.35.